The van der Waals surface area contributed by atoms with Gasteiger partial charge >= 0.3 is 6.18 Å². The highest BCUT2D eigenvalue weighted by Gasteiger charge is 2.41. The van der Waals surface area contributed by atoms with Crippen molar-refractivity contribution in [2.24, 2.45) is 10.7 Å². The fraction of sp³-hybridized carbons (Fsp3) is 0.393. The van der Waals surface area contributed by atoms with Crippen molar-refractivity contribution in [3.8, 4) is 0 Å². The third kappa shape index (κ3) is 6.24. The van der Waals surface area contributed by atoms with Crippen LogP contribution in [0, 0.1) is 0 Å². The highest BCUT2D eigenvalue weighted by molar-refractivity contribution is 6.46. The lowest BCUT2D eigenvalue weighted by Crippen LogP contribution is -2.54. The molecule has 224 valence electrons. The minimum absolute atomic E-state index is 0.0659. The number of amides is 3. The fourth-order valence-electron chi connectivity index (χ4n) is 4.90. The minimum Gasteiger partial charge on any atom is -0.402 e. The third-order valence-electron chi connectivity index (χ3n) is 7.35. The van der Waals surface area contributed by atoms with Crippen LogP contribution < -0.4 is 5.73 Å². The van der Waals surface area contributed by atoms with Crippen LogP contribution in [0.1, 0.15) is 47.9 Å². The highest BCUT2D eigenvalue weighted by atomic mass is 35.5. The number of hydrogen-bond donors (Lipinski definition) is 1. The third-order valence-corrected chi connectivity index (χ3v) is 8.09. The molecule has 3 amide bonds. The number of nitrogens with two attached hydrogens (primary N) is 1. The first-order valence-electron chi connectivity index (χ1n) is 13.0. The molecule has 0 saturated carbocycles. The summed E-state index contributed by atoms with van der Waals surface area (Å²) in [6.45, 7) is 3.26. The summed E-state index contributed by atoms with van der Waals surface area (Å²) in [5, 5.41) is 0.502. The smallest absolute Gasteiger partial charge is 0.402 e. The molecule has 2 N–H and O–H groups in total. The first-order chi connectivity index (χ1) is 19.6. The van der Waals surface area contributed by atoms with Gasteiger partial charge in [0.2, 0.25) is 5.91 Å². The van der Waals surface area contributed by atoms with Crippen molar-refractivity contribution in [1.82, 2.24) is 19.7 Å². The van der Waals surface area contributed by atoms with Gasteiger partial charge in [0.25, 0.3) is 11.8 Å². The summed E-state index contributed by atoms with van der Waals surface area (Å²) >= 11 is 12.1. The normalized spacial score (nSPS) is 20.4. The molecule has 1 unspecified atom stereocenters. The molecule has 3 atom stereocenters. The Labute approximate surface area is 250 Å². The second-order valence-corrected chi connectivity index (χ2v) is 11.3. The molecule has 2 aliphatic heterocycles. The van der Waals surface area contributed by atoms with Gasteiger partial charge in [0, 0.05) is 49.6 Å². The number of likely N-dealkylation sites (N-methyl/N-ethyl adjacent to an activating group) is 1. The maximum absolute atomic E-state index is 13.9. The van der Waals surface area contributed by atoms with E-state index in [0.29, 0.717) is 27.4 Å². The van der Waals surface area contributed by atoms with Crippen molar-refractivity contribution < 1.29 is 27.6 Å². The summed E-state index contributed by atoms with van der Waals surface area (Å²) in [7, 11) is 3.10. The number of carbonyl (C=O) groups is 3. The van der Waals surface area contributed by atoms with Gasteiger partial charge in [-0.05, 0) is 43.7 Å². The minimum atomic E-state index is -4.62. The molecule has 0 aliphatic carbocycles. The van der Waals surface area contributed by atoms with E-state index in [1.54, 1.807) is 27.1 Å². The number of pyridine rings is 1. The van der Waals surface area contributed by atoms with Crippen LogP contribution >= 0.6 is 23.2 Å². The Balaban J connectivity index is 1.70. The summed E-state index contributed by atoms with van der Waals surface area (Å²) in [6, 6.07) is 4.51. The molecule has 0 spiro atoms. The van der Waals surface area contributed by atoms with Crippen LogP contribution in [0.25, 0.3) is 0 Å². The second-order valence-electron chi connectivity index (χ2n) is 10.5. The van der Waals surface area contributed by atoms with Crippen LogP contribution in [0.15, 0.2) is 52.8 Å². The molecule has 2 aliphatic rings. The van der Waals surface area contributed by atoms with Crippen LogP contribution in [0.4, 0.5) is 13.2 Å². The zero-order valence-electron chi connectivity index (χ0n) is 23.2. The molecule has 1 aromatic heterocycles. The van der Waals surface area contributed by atoms with E-state index in [-0.39, 0.29) is 48.1 Å². The number of alkyl halides is 3. The average Bonchev–Trinajstić information content (AvgIpc) is 2.93. The summed E-state index contributed by atoms with van der Waals surface area (Å²) in [4.78, 5) is 52.7. The predicted octanol–water partition coefficient (Wildman–Crippen LogP) is 4.36. The maximum atomic E-state index is 13.9. The van der Waals surface area contributed by atoms with E-state index in [1.807, 2.05) is 6.92 Å². The van der Waals surface area contributed by atoms with Gasteiger partial charge in [0.1, 0.15) is 17.4 Å². The van der Waals surface area contributed by atoms with E-state index < -0.39 is 29.9 Å². The number of nitrogens with zero attached hydrogens (tertiary/aromatic N) is 5. The summed E-state index contributed by atoms with van der Waals surface area (Å²) < 4.78 is 39.2. The Morgan fingerprint density at radius 2 is 1.83 bits per heavy atom. The van der Waals surface area contributed by atoms with Gasteiger partial charge in [0.05, 0.1) is 29.2 Å². The zero-order valence-corrected chi connectivity index (χ0v) is 24.8. The van der Waals surface area contributed by atoms with Crippen LogP contribution in [-0.2, 0) is 15.8 Å². The second kappa shape index (κ2) is 11.9. The molecule has 42 heavy (non-hydrogen) atoms. The lowest BCUT2D eigenvalue weighted by molar-refractivity contribution is -0.141. The van der Waals surface area contributed by atoms with E-state index in [2.05, 4.69) is 9.98 Å². The molecule has 9 nitrogen and oxygen atoms in total. The van der Waals surface area contributed by atoms with Crippen LogP contribution in [-0.4, -0.2) is 82.4 Å². The van der Waals surface area contributed by atoms with Gasteiger partial charge in [0.15, 0.2) is 0 Å². The number of halogens is 5. The topological polar surface area (TPSA) is 112 Å². The fourth-order valence-corrected chi connectivity index (χ4v) is 5.20. The SMILES string of the molecule is CC(c1ccc(C(F)(F)F)nc1)N1C[C@@H](C(=O)N(C)C)N=C(C2=C(N)C[C@@H](C)N(C(=O)c3ccc(Cl)c(Cl)c3)C2)C1=O. The maximum Gasteiger partial charge on any atom is 0.433 e. The van der Waals surface area contributed by atoms with E-state index in [1.165, 1.54) is 32.9 Å². The Hall–Kier alpha value is -3.64. The monoisotopic (exact) mass is 624 g/mol. The van der Waals surface area contributed by atoms with Gasteiger partial charge < -0.3 is 20.4 Å². The van der Waals surface area contributed by atoms with E-state index >= 15 is 0 Å². The predicted molar refractivity (Wildman–Crippen MR) is 152 cm³/mol. The van der Waals surface area contributed by atoms with Crippen LogP contribution in [0.2, 0.25) is 10.0 Å². The van der Waals surface area contributed by atoms with Crippen LogP contribution in [0.3, 0.4) is 0 Å². The van der Waals surface area contributed by atoms with Crippen molar-refractivity contribution in [3.63, 3.8) is 0 Å². The molecular formula is C28H29Cl2F3N6O3. The lowest BCUT2D eigenvalue weighted by atomic mass is 9.93. The number of rotatable bonds is 5. The highest BCUT2D eigenvalue weighted by Crippen LogP contribution is 2.32. The molecule has 3 heterocycles. The van der Waals surface area contributed by atoms with E-state index in [9.17, 15) is 27.6 Å². The van der Waals surface area contributed by atoms with Crippen molar-refractivity contribution in [2.75, 3.05) is 27.2 Å². The molecular weight excluding hydrogens is 596 g/mol. The molecule has 4 rings (SSSR count). The molecule has 2 aromatic rings. The first-order valence-corrected chi connectivity index (χ1v) is 13.7. The average molecular weight is 625 g/mol. The van der Waals surface area contributed by atoms with Crippen molar-refractivity contribution in [1.29, 1.82) is 0 Å². The van der Waals surface area contributed by atoms with Gasteiger partial charge in [-0.3, -0.25) is 24.4 Å². The largest absolute Gasteiger partial charge is 0.433 e. The van der Waals surface area contributed by atoms with Crippen molar-refractivity contribution in [2.45, 2.75) is 44.6 Å². The van der Waals surface area contributed by atoms with Gasteiger partial charge in [-0.2, -0.15) is 13.2 Å². The van der Waals surface area contributed by atoms with Crippen molar-refractivity contribution >= 4 is 46.6 Å². The quantitative estimate of drug-likeness (QED) is 0.531. The van der Waals surface area contributed by atoms with E-state index in [4.69, 9.17) is 28.9 Å². The zero-order chi connectivity index (χ0) is 31.1. The van der Waals surface area contributed by atoms with Gasteiger partial charge in [-0.15, -0.1) is 0 Å². The Morgan fingerprint density at radius 3 is 2.40 bits per heavy atom. The lowest BCUT2D eigenvalue weighted by Gasteiger charge is -2.39. The summed E-state index contributed by atoms with van der Waals surface area (Å²) in [5.41, 5.74) is 6.54. The number of carbonyl (C=O) groups excluding carboxylic acids is 3. The summed E-state index contributed by atoms with van der Waals surface area (Å²) in [5.74, 6) is -1.31. The molecule has 0 fully saturated rings. The van der Waals surface area contributed by atoms with Gasteiger partial charge in [-0.25, -0.2) is 0 Å². The standard InChI is InChI=1S/C28H29Cl2F3N6O3/c1-14-9-21(34)18(12-38(14)25(40)16-5-7-19(29)20(30)10-16)24-27(42)39(13-22(36-24)26(41)37(3)4)15(2)17-6-8-23(35-11-17)28(31,32)33/h5-8,10-11,14-15,22H,9,12-13,34H2,1-4H3/t14-,15?,22+/m1/s1. The Morgan fingerprint density at radius 1 is 1.14 bits per heavy atom. The van der Waals surface area contributed by atoms with Gasteiger partial charge in [-0.1, -0.05) is 29.3 Å². The molecule has 14 heteroatoms. The van der Waals surface area contributed by atoms with E-state index in [0.717, 1.165) is 12.3 Å². The number of hydrogen-bond acceptors (Lipinski definition) is 6. The van der Waals surface area contributed by atoms with Crippen molar-refractivity contribution in [3.05, 3.63) is 74.7 Å². The molecule has 0 bridgehead atoms. The first kappa shape index (κ1) is 31.3. The molecule has 0 radical (unpaired) electrons. The molecule has 0 saturated heterocycles. The summed E-state index contributed by atoms with van der Waals surface area (Å²) in [6.07, 6.45) is -3.32. The number of aromatic nitrogens is 1. The molecule has 1 aromatic carbocycles. The Kier molecular flexibility index (Phi) is 8.89. The van der Waals surface area contributed by atoms with Crippen LogP contribution in [0.5, 0.6) is 0 Å². The number of aliphatic imine (C=N–C) groups is 1. The number of benzene rings is 1. The Bertz CT molecular complexity index is 1480.